The van der Waals surface area contributed by atoms with E-state index in [2.05, 4.69) is 22.6 Å². The van der Waals surface area contributed by atoms with E-state index >= 15 is 0 Å². The summed E-state index contributed by atoms with van der Waals surface area (Å²) in [4.78, 5) is 5.57. The van der Waals surface area contributed by atoms with Gasteiger partial charge in [-0.05, 0) is 42.8 Å². The van der Waals surface area contributed by atoms with Crippen molar-refractivity contribution in [1.29, 1.82) is 0 Å². The van der Waals surface area contributed by atoms with Crippen LogP contribution in [0.3, 0.4) is 0 Å². The Kier molecular flexibility index (Phi) is 10.9. The first-order valence-corrected chi connectivity index (χ1v) is 10.3. The molecule has 0 aromatic heterocycles. The fraction of sp³-hybridized carbons (Fsp3) is 0.478. The largest absolute Gasteiger partial charge is 0.409 e. The monoisotopic (exact) mass is 367 g/mol. The standard InChI is InChI=1S/C23H33N3O/c1-2-3-4-5-6-7-8-9-13-20-24-27-23-18-16-22(17-19-23)26-25-21-14-11-10-12-15-21/h10-12,14-19,24H,2-9,13,20H2,1H3. The molecule has 0 bridgehead atoms. The van der Waals surface area contributed by atoms with Crippen LogP contribution in [0.2, 0.25) is 0 Å². The Balaban J connectivity index is 1.52. The van der Waals surface area contributed by atoms with Crippen LogP contribution in [-0.2, 0) is 0 Å². The van der Waals surface area contributed by atoms with E-state index in [4.69, 9.17) is 4.84 Å². The predicted molar refractivity (Wildman–Crippen MR) is 113 cm³/mol. The van der Waals surface area contributed by atoms with Crippen molar-refractivity contribution in [2.45, 2.75) is 64.7 Å². The summed E-state index contributed by atoms with van der Waals surface area (Å²) in [6.07, 6.45) is 12.0. The number of nitrogens with zero attached hydrogens (tertiary/aromatic N) is 2. The molecular weight excluding hydrogens is 334 g/mol. The quantitative estimate of drug-likeness (QED) is 0.213. The Hall–Kier alpha value is -2.20. The maximum Gasteiger partial charge on any atom is 0.147 e. The van der Waals surface area contributed by atoms with Gasteiger partial charge in [0.15, 0.2) is 0 Å². The summed E-state index contributed by atoms with van der Waals surface area (Å²) in [6.45, 7) is 3.14. The van der Waals surface area contributed by atoms with Crippen LogP contribution in [-0.4, -0.2) is 6.54 Å². The summed E-state index contributed by atoms with van der Waals surface area (Å²) < 4.78 is 0. The van der Waals surface area contributed by atoms with Crippen LogP contribution < -0.4 is 10.3 Å². The van der Waals surface area contributed by atoms with Gasteiger partial charge >= 0.3 is 0 Å². The Morgan fingerprint density at radius 3 is 1.85 bits per heavy atom. The number of azo groups is 1. The first-order valence-electron chi connectivity index (χ1n) is 10.3. The minimum Gasteiger partial charge on any atom is -0.409 e. The molecule has 146 valence electrons. The fourth-order valence-corrected chi connectivity index (χ4v) is 2.83. The molecule has 0 spiro atoms. The Labute approximate surface area is 164 Å². The molecule has 0 saturated carbocycles. The van der Waals surface area contributed by atoms with Gasteiger partial charge in [0.1, 0.15) is 5.75 Å². The molecule has 27 heavy (non-hydrogen) atoms. The van der Waals surface area contributed by atoms with Gasteiger partial charge in [-0.2, -0.15) is 15.7 Å². The molecule has 0 heterocycles. The van der Waals surface area contributed by atoms with E-state index in [1.165, 1.54) is 51.4 Å². The van der Waals surface area contributed by atoms with Gasteiger partial charge in [0, 0.05) is 6.54 Å². The molecule has 4 heteroatoms. The third kappa shape index (κ3) is 9.90. The van der Waals surface area contributed by atoms with Gasteiger partial charge in [0.25, 0.3) is 0 Å². The summed E-state index contributed by atoms with van der Waals surface area (Å²) in [5, 5.41) is 8.43. The summed E-state index contributed by atoms with van der Waals surface area (Å²) in [5.74, 6) is 0.796. The number of unbranched alkanes of at least 4 members (excludes halogenated alkanes) is 8. The summed E-state index contributed by atoms with van der Waals surface area (Å²) in [5.41, 5.74) is 4.70. The van der Waals surface area contributed by atoms with Crippen LogP contribution in [0.4, 0.5) is 11.4 Å². The van der Waals surface area contributed by atoms with E-state index in [9.17, 15) is 0 Å². The lowest BCUT2D eigenvalue weighted by Crippen LogP contribution is -2.19. The number of rotatable bonds is 14. The minimum absolute atomic E-state index is 0.796. The predicted octanol–water partition coefficient (Wildman–Crippen LogP) is 7.52. The molecule has 0 fully saturated rings. The van der Waals surface area contributed by atoms with Gasteiger partial charge in [-0.3, -0.25) is 0 Å². The third-order valence-electron chi connectivity index (χ3n) is 4.45. The molecule has 0 amide bonds. The molecule has 1 N–H and O–H groups in total. The van der Waals surface area contributed by atoms with Crippen molar-refractivity contribution < 1.29 is 4.84 Å². The van der Waals surface area contributed by atoms with Crippen molar-refractivity contribution in [1.82, 2.24) is 5.48 Å². The summed E-state index contributed by atoms with van der Waals surface area (Å²) >= 11 is 0. The third-order valence-corrected chi connectivity index (χ3v) is 4.45. The average Bonchev–Trinajstić information content (AvgIpc) is 2.72. The Morgan fingerprint density at radius 1 is 0.667 bits per heavy atom. The molecule has 0 unspecified atom stereocenters. The molecule has 0 radical (unpaired) electrons. The van der Waals surface area contributed by atoms with Gasteiger partial charge in [-0.1, -0.05) is 76.5 Å². The first kappa shape index (κ1) is 21.1. The van der Waals surface area contributed by atoms with Crippen LogP contribution in [0.1, 0.15) is 64.7 Å². The molecule has 4 nitrogen and oxygen atoms in total. The number of hydrogen-bond acceptors (Lipinski definition) is 4. The zero-order valence-corrected chi connectivity index (χ0v) is 16.6. The number of benzene rings is 2. The maximum absolute atomic E-state index is 5.57. The zero-order chi connectivity index (χ0) is 19.0. The van der Waals surface area contributed by atoms with Crippen molar-refractivity contribution in [2.75, 3.05) is 6.54 Å². The van der Waals surface area contributed by atoms with Gasteiger partial charge in [0.05, 0.1) is 11.4 Å². The Morgan fingerprint density at radius 2 is 1.22 bits per heavy atom. The van der Waals surface area contributed by atoms with Crippen molar-refractivity contribution in [2.24, 2.45) is 10.2 Å². The van der Waals surface area contributed by atoms with Gasteiger partial charge in [-0.25, -0.2) is 0 Å². The number of hydroxylamine groups is 1. The fourth-order valence-electron chi connectivity index (χ4n) is 2.83. The van der Waals surface area contributed by atoms with Crippen LogP contribution in [0.15, 0.2) is 64.8 Å². The van der Waals surface area contributed by atoms with E-state index in [0.717, 1.165) is 30.1 Å². The SMILES string of the molecule is CCCCCCCCCCCNOc1ccc(N=Nc2ccccc2)cc1. The molecule has 0 aliphatic carbocycles. The zero-order valence-electron chi connectivity index (χ0n) is 16.6. The molecule has 2 aromatic rings. The lowest BCUT2D eigenvalue weighted by atomic mass is 10.1. The van der Waals surface area contributed by atoms with Crippen LogP contribution in [0.5, 0.6) is 5.75 Å². The van der Waals surface area contributed by atoms with Crippen molar-refractivity contribution in [3.05, 3.63) is 54.6 Å². The lowest BCUT2D eigenvalue weighted by Gasteiger charge is -2.07. The van der Waals surface area contributed by atoms with E-state index < -0.39 is 0 Å². The Bertz CT molecular complexity index is 626. The second kappa shape index (κ2) is 13.9. The molecule has 0 saturated heterocycles. The van der Waals surface area contributed by atoms with E-state index in [1.54, 1.807) is 0 Å². The van der Waals surface area contributed by atoms with Gasteiger partial charge in [-0.15, -0.1) is 0 Å². The summed E-state index contributed by atoms with van der Waals surface area (Å²) in [7, 11) is 0. The molecule has 0 aliphatic heterocycles. The van der Waals surface area contributed by atoms with Crippen LogP contribution in [0, 0.1) is 0 Å². The average molecular weight is 368 g/mol. The lowest BCUT2D eigenvalue weighted by molar-refractivity contribution is 0.193. The van der Waals surface area contributed by atoms with Gasteiger partial charge < -0.3 is 4.84 Å². The van der Waals surface area contributed by atoms with Crippen molar-refractivity contribution in [3.8, 4) is 5.75 Å². The van der Waals surface area contributed by atoms with Crippen LogP contribution in [0.25, 0.3) is 0 Å². The van der Waals surface area contributed by atoms with E-state index in [-0.39, 0.29) is 0 Å². The number of hydrogen-bond donors (Lipinski definition) is 1. The number of nitrogens with one attached hydrogen (secondary N) is 1. The van der Waals surface area contributed by atoms with E-state index in [1.807, 2.05) is 54.6 Å². The molecule has 0 aliphatic rings. The van der Waals surface area contributed by atoms with Crippen molar-refractivity contribution >= 4 is 11.4 Å². The smallest absolute Gasteiger partial charge is 0.147 e. The molecule has 0 atom stereocenters. The minimum atomic E-state index is 0.796. The highest BCUT2D eigenvalue weighted by molar-refractivity contribution is 5.42. The normalized spacial score (nSPS) is 11.1. The first-order chi connectivity index (χ1) is 13.4. The highest BCUT2D eigenvalue weighted by Gasteiger charge is 1.96. The second-order valence-electron chi connectivity index (χ2n) is 6.85. The molecule has 2 rings (SSSR count). The highest BCUT2D eigenvalue weighted by Crippen LogP contribution is 2.20. The summed E-state index contributed by atoms with van der Waals surface area (Å²) in [6, 6.07) is 17.3. The topological polar surface area (TPSA) is 46.0 Å². The van der Waals surface area contributed by atoms with E-state index in [0.29, 0.717) is 0 Å². The second-order valence-corrected chi connectivity index (χ2v) is 6.85. The molecule has 2 aromatic carbocycles. The van der Waals surface area contributed by atoms with Crippen LogP contribution >= 0.6 is 0 Å². The van der Waals surface area contributed by atoms with Crippen molar-refractivity contribution in [3.63, 3.8) is 0 Å². The maximum atomic E-state index is 5.57. The molecular formula is C23H33N3O. The van der Waals surface area contributed by atoms with Gasteiger partial charge in [0.2, 0.25) is 0 Å². The highest BCUT2D eigenvalue weighted by atomic mass is 16.6.